The van der Waals surface area contributed by atoms with Crippen LogP contribution >= 0.6 is 23.2 Å². The van der Waals surface area contributed by atoms with E-state index in [4.69, 9.17) is 23.2 Å². The van der Waals surface area contributed by atoms with Crippen molar-refractivity contribution in [1.82, 2.24) is 4.57 Å². The first kappa shape index (κ1) is 18.3. The van der Waals surface area contributed by atoms with Gasteiger partial charge < -0.3 is 5.11 Å². The van der Waals surface area contributed by atoms with Gasteiger partial charge in [-0.2, -0.15) is 0 Å². The molecule has 4 aromatic rings. The normalized spacial score (nSPS) is 11.4. The number of fused-ring (bicyclic) bond motifs is 1. The molecule has 0 saturated heterocycles. The van der Waals surface area contributed by atoms with E-state index < -0.39 is 0 Å². The molecule has 0 aliphatic carbocycles. The van der Waals surface area contributed by atoms with Gasteiger partial charge in [0.25, 0.3) is 5.56 Å². The molecule has 138 valence electrons. The van der Waals surface area contributed by atoms with Gasteiger partial charge in [-0.25, -0.2) is 4.57 Å². The van der Waals surface area contributed by atoms with Crippen LogP contribution in [0.15, 0.2) is 82.6 Å². The first-order valence-electron chi connectivity index (χ1n) is 8.47. The van der Waals surface area contributed by atoms with Crippen molar-refractivity contribution in [3.8, 4) is 11.6 Å². The maximum absolute atomic E-state index is 13.1. The molecule has 0 atom stereocenters. The molecule has 0 amide bonds. The van der Waals surface area contributed by atoms with Gasteiger partial charge in [0.2, 0.25) is 5.88 Å². The lowest BCUT2D eigenvalue weighted by atomic mass is 10.1. The Labute approximate surface area is 170 Å². The zero-order valence-corrected chi connectivity index (χ0v) is 16.0. The van der Waals surface area contributed by atoms with Crippen LogP contribution in [0.5, 0.6) is 5.88 Å². The van der Waals surface area contributed by atoms with E-state index in [2.05, 4.69) is 4.99 Å². The molecule has 0 spiro atoms. The molecular weight excluding hydrogens is 395 g/mol. The predicted octanol–water partition coefficient (Wildman–Crippen LogP) is 5.75. The van der Waals surface area contributed by atoms with Crippen molar-refractivity contribution in [3.63, 3.8) is 0 Å². The molecular formula is C22H14Cl2N2O2. The molecule has 0 saturated carbocycles. The van der Waals surface area contributed by atoms with Gasteiger partial charge in [0.1, 0.15) is 0 Å². The first-order chi connectivity index (χ1) is 13.6. The molecule has 0 radical (unpaired) electrons. The predicted molar refractivity (Wildman–Crippen MR) is 115 cm³/mol. The van der Waals surface area contributed by atoms with Crippen molar-refractivity contribution in [2.24, 2.45) is 4.99 Å². The van der Waals surface area contributed by atoms with Crippen LogP contribution in [0.4, 0.5) is 5.69 Å². The molecule has 6 heteroatoms. The summed E-state index contributed by atoms with van der Waals surface area (Å²) in [6.07, 6.45) is 1.52. The van der Waals surface area contributed by atoms with Gasteiger partial charge in [0.15, 0.2) is 0 Å². The quantitative estimate of drug-likeness (QED) is 0.438. The number of rotatable bonds is 3. The molecule has 4 rings (SSSR count). The minimum absolute atomic E-state index is 0.234. The molecule has 1 aromatic heterocycles. The number of benzene rings is 3. The molecule has 0 fully saturated rings. The molecule has 28 heavy (non-hydrogen) atoms. The number of para-hydroxylation sites is 1. The van der Waals surface area contributed by atoms with Crippen LogP contribution in [-0.4, -0.2) is 15.9 Å². The van der Waals surface area contributed by atoms with Crippen molar-refractivity contribution >= 4 is 45.9 Å². The van der Waals surface area contributed by atoms with Crippen LogP contribution < -0.4 is 5.56 Å². The van der Waals surface area contributed by atoms with Gasteiger partial charge in [-0.3, -0.25) is 9.79 Å². The zero-order valence-electron chi connectivity index (χ0n) is 14.5. The number of halogens is 2. The Kier molecular flexibility index (Phi) is 4.90. The lowest BCUT2D eigenvalue weighted by Gasteiger charge is -2.14. The summed E-state index contributed by atoms with van der Waals surface area (Å²) in [5.74, 6) is -0.234. The van der Waals surface area contributed by atoms with Gasteiger partial charge >= 0.3 is 0 Å². The topological polar surface area (TPSA) is 54.6 Å². The first-order valence-corrected chi connectivity index (χ1v) is 9.23. The standard InChI is InChI=1S/C22H14Cl2N2O2/c23-14-6-5-7-15(12-14)25-13-18-16-8-1-2-9-17(16)21(27)26(22(18)28)20-11-4-3-10-19(20)24/h1-13,28H. The van der Waals surface area contributed by atoms with E-state index in [9.17, 15) is 9.90 Å². The van der Waals surface area contributed by atoms with Crippen LogP contribution in [0.3, 0.4) is 0 Å². The number of pyridine rings is 1. The Balaban J connectivity index is 2.01. The fourth-order valence-electron chi connectivity index (χ4n) is 3.04. The Morgan fingerprint density at radius 1 is 0.893 bits per heavy atom. The minimum atomic E-state index is -0.360. The van der Waals surface area contributed by atoms with E-state index in [1.165, 1.54) is 10.8 Å². The van der Waals surface area contributed by atoms with Crippen molar-refractivity contribution in [1.29, 1.82) is 0 Å². The van der Waals surface area contributed by atoms with E-state index in [1.54, 1.807) is 72.8 Å². The second kappa shape index (κ2) is 7.50. The molecule has 3 aromatic carbocycles. The van der Waals surface area contributed by atoms with Crippen LogP contribution in [0.25, 0.3) is 16.5 Å². The smallest absolute Gasteiger partial charge is 0.265 e. The summed E-state index contributed by atoms with van der Waals surface area (Å²) in [4.78, 5) is 17.5. The van der Waals surface area contributed by atoms with Crippen molar-refractivity contribution in [3.05, 3.63) is 98.8 Å². The summed E-state index contributed by atoms with van der Waals surface area (Å²) in [5.41, 5.74) is 1.08. The third kappa shape index (κ3) is 3.28. The average Bonchev–Trinajstić information content (AvgIpc) is 2.69. The molecule has 0 unspecified atom stereocenters. The summed E-state index contributed by atoms with van der Waals surface area (Å²) in [6.45, 7) is 0. The van der Waals surface area contributed by atoms with Crippen molar-refractivity contribution in [2.45, 2.75) is 0 Å². The minimum Gasteiger partial charge on any atom is -0.494 e. The van der Waals surface area contributed by atoms with E-state index in [-0.39, 0.29) is 11.4 Å². The average molecular weight is 409 g/mol. The number of nitrogens with zero attached hydrogens (tertiary/aromatic N) is 2. The molecule has 1 N–H and O–H groups in total. The van der Waals surface area contributed by atoms with E-state index >= 15 is 0 Å². The van der Waals surface area contributed by atoms with Crippen LogP contribution in [0, 0.1) is 0 Å². The Bertz CT molecular complexity index is 1280. The number of aromatic hydroxyl groups is 1. The number of aliphatic imine (C=N–C) groups is 1. The lowest BCUT2D eigenvalue weighted by molar-refractivity contribution is 0.436. The van der Waals surface area contributed by atoms with Crippen molar-refractivity contribution < 1.29 is 5.11 Å². The largest absolute Gasteiger partial charge is 0.494 e. The van der Waals surface area contributed by atoms with E-state index in [1.807, 2.05) is 0 Å². The third-order valence-electron chi connectivity index (χ3n) is 4.35. The second-order valence-electron chi connectivity index (χ2n) is 6.11. The second-order valence-corrected chi connectivity index (χ2v) is 6.96. The Morgan fingerprint density at radius 3 is 2.36 bits per heavy atom. The summed E-state index contributed by atoms with van der Waals surface area (Å²) in [5, 5.41) is 12.9. The summed E-state index contributed by atoms with van der Waals surface area (Å²) < 4.78 is 1.20. The van der Waals surface area contributed by atoms with Gasteiger partial charge in [0, 0.05) is 22.0 Å². The third-order valence-corrected chi connectivity index (χ3v) is 4.90. The summed E-state index contributed by atoms with van der Waals surface area (Å²) in [6, 6.07) is 21.0. The van der Waals surface area contributed by atoms with Crippen LogP contribution in [0.1, 0.15) is 5.56 Å². The Hall–Kier alpha value is -3.08. The van der Waals surface area contributed by atoms with Crippen LogP contribution in [0.2, 0.25) is 10.0 Å². The highest BCUT2D eigenvalue weighted by molar-refractivity contribution is 6.32. The monoisotopic (exact) mass is 408 g/mol. The lowest BCUT2D eigenvalue weighted by Crippen LogP contribution is -2.20. The van der Waals surface area contributed by atoms with Gasteiger partial charge in [-0.05, 0) is 36.4 Å². The highest BCUT2D eigenvalue weighted by Crippen LogP contribution is 2.29. The molecule has 0 aliphatic rings. The molecule has 0 bridgehead atoms. The number of aromatic nitrogens is 1. The van der Waals surface area contributed by atoms with Gasteiger partial charge in [-0.1, -0.05) is 59.6 Å². The maximum atomic E-state index is 13.1. The molecule has 4 nitrogen and oxygen atoms in total. The number of hydrogen-bond donors (Lipinski definition) is 1. The van der Waals surface area contributed by atoms with E-state index in [0.717, 1.165) is 0 Å². The summed E-state index contributed by atoms with van der Waals surface area (Å²) in [7, 11) is 0. The fraction of sp³-hybridized carbons (Fsp3) is 0. The SMILES string of the molecule is O=c1c2ccccc2c(C=Nc2cccc(Cl)c2)c(O)n1-c1ccccc1Cl. The van der Waals surface area contributed by atoms with Crippen LogP contribution in [-0.2, 0) is 0 Å². The zero-order chi connectivity index (χ0) is 19.7. The summed E-state index contributed by atoms with van der Waals surface area (Å²) >= 11 is 12.3. The van der Waals surface area contributed by atoms with Crippen molar-refractivity contribution in [2.75, 3.05) is 0 Å². The highest BCUT2D eigenvalue weighted by atomic mass is 35.5. The maximum Gasteiger partial charge on any atom is 0.265 e. The highest BCUT2D eigenvalue weighted by Gasteiger charge is 2.17. The Morgan fingerprint density at radius 2 is 1.61 bits per heavy atom. The number of hydrogen-bond acceptors (Lipinski definition) is 3. The molecule has 1 heterocycles. The van der Waals surface area contributed by atoms with Gasteiger partial charge in [0.05, 0.1) is 22.0 Å². The van der Waals surface area contributed by atoms with E-state index in [0.29, 0.717) is 37.8 Å². The van der Waals surface area contributed by atoms with Gasteiger partial charge in [-0.15, -0.1) is 0 Å². The molecule has 0 aliphatic heterocycles. The fourth-order valence-corrected chi connectivity index (χ4v) is 3.45.